The number of aromatic nitrogens is 1. The minimum absolute atomic E-state index is 0.187. The van der Waals surface area contributed by atoms with Gasteiger partial charge in [0.25, 0.3) is 0 Å². The van der Waals surface area contributed by atoms with Gasteiger partial charge in [-0.1, -0.05) is 45.9 Å². The van der Waals surface area contributed by atoms with E-state index in [1.54, 1.807) is 24.7 Å². The van der Waals surface area contributed by atoms with E-state index >= 15 is 0 Å². The summed E-state index contributed by atoms with van der Waals surface area (Å²) in [5, 5.41) is 0. The van der Waals surface area contributed by atoms with Gasteiger partial charge in [0.2, 0.25) is 0 Å². The molecular weight excluding hydrogens is 332 g/mol. The summed E-state index contributed by atoms with van der Waals surface area (Å²) in [5.74, 6) is 0.893. The van der Waals surface area contributed by atoms with Gasteiger partial charge < -0.3 is 9.47 Å². The summed E-state index contributed by atoms with van der Waals surface area (Å²) in [4.78, 5) is 28.3. The second kappa shape index (κ2) is 8.99. The third-order valence-electron chi connectivity index (χ3n) is 3.88. The fourth-order valence-electron chi connectivity index (χ4n) is 2.50. The lowest BCUT2D eigenvalue weighted by Gasteiger charge is -2.20. The Kier molecular flexibility index (Phi) is 6.72. The highest BCUT2D eigenvalue weighted by atomic mass is 16.7. The zero-order chi connectivity index (χ0) is 19.1. The average Bonchev–Trinajstić information content (AvgIpc) is 2.63. The number of pyridine rings is 1. The molecule has 2 aromatic rings. The number of benzene rings is 1. The number of carbonyl (C=O) groups excluding carboxylic acids is 2. The third-order valence-corrected chi connectivity index (χ3v) is 3.88. The quantitative estimate of drug-likeness (QED) is 0.319. The average molecular weight is 355 g/mol. The van der Waals surface area contributed by atoms with Crippen molar-refractivity contribution in [2.75, 3.05) is 11.6 Å². The Balaban J connectivity index is 2.11. The van der Waals surface area contributed by atoms with E-state index in [2.05, 4.69) is 4.98 Å². The number of para-hydroxylation sites is 1. The molecule has 0 bridgehead atoms. The van der Waals surface area contributed by atoms with Crippen LogP contribution in [0.5, 0.6) is 5.75 Å². The first kappa shape index (κ1) is 19.4. The molecular formula is C20H23N2O4. The van der Waals surface area contributed by atoms with E-state index in [0.717, 1.165) is 16.0 Å². The minimum Gasteiger partial charge on any atom is -0.412 e. The van der Waals surface area contributed by atoms with E-state index in [0.29, 0.717) is 11.4 Å². The van der Waals surface area contributed by atoms with Crippen LogP contribution in [0.1, 0.15) is 50.7 Å². The van der Waals surface area contributed by atoms with Crippen molar-refractivity contribution >= 4 is 18.3 Å². The third kappa shape index (κ3) is 4.81. The first-order chi connectivity index (χ1) is 12.4. The zero-order valence-corrected chi connectivity index (χ0v) is 15.4. The predicted octanol–water partition coefficient (Wildman–Crippen LogP) is 4.38. The summed E-state index contributed by atoms with van der Waals surface area (Å²) in [7, 11) is 0. The molecule has 6 heteroatoms. The molecule has 0 saturated heterocycles. The Hall–Kier alpha value is -2.89. The summed E-state index contributed by atoms with van der Waals surface area (Å²) < 4.78 is 10.6. The molecule has 1 aromatic heterocycles. The monoisotopic (exact) mass is 355 g/mol. The highest BCUT2D eigenvalue weighted by Crippen LogP contribution is 2.34. The fraction of sp³-hybridized carbons (Fsp3) is 0.350. The van der Waals surface area contributed by atoms with Crippen molar-refractivity contribution in [1.82, 2.24) is 4.98 Å². The lowest BCUT2D eigenvalue weighted by atomic mass is 9.94. The molecule has 0 atom stereocenters. The molecule has 2 rings (SSSR count). The lowest BCUT2D eigenvalue weighted by Crippen LogP contribution is -2.27. The van der Waals surface area contributed by atoms with Crippen LogP contribution >= 0.6 is 0 Å². The molecule has 0 N–H and O–H groups in total. The number of nitrogens with zero attached hydrogens (tertiary/aromatic N) is 2. The van der Waals surface area contributed by atoms with Gasteiger partial charge >= 0.3 is 12.6 Å². The molecule has 0 fully saturated rings. The topological polar surface area (TPSA) is 68.7 Å². The number of hydrogen-bond acceptors (Lipinski definition) is 5. The summed E-state index contributed by atoms with van der Waals surface area (Å²) in [6, 6.07) is 9.15. The van der Waals surface area contributed by atoms with Crippen LogP contribution in [0.3, 0.4) is 0 Å². The second-order valence-electron chi connectivity index (χ2n) is 6.43. The van der Waals surface area contributed by atoms with Gasteiger partial charge in [0.15, 0.2) is 6.73 Å². The summed E-state index contributed by atoms with van der Waals surface area (Å²) in [6.45, 7) is 7.81. The van der Waals surface area contributed by atoms with Crippen LogP contribution in [0.2, 0.25) is 0 Å². The highest BCUT2D eigenvalue weighted by molar-refractivity contribution is 5.75. The maximum absolute atomic E-state index is 12.2. The van der Waals surface area contributed by atoms with Crippen molar-refractivity contribution in [3.63, 3.8) is 0 Å². The van der Waals surface area contributed by atoms with Gasteiger partial charge in [0.1, 0.15) is 5.75 Å². The van der Waals surface area contributed by atoms with E-state index in [4.69, 9.17) is 9.47 Å². The summed E-state index contributed by atoms with van der Waals surface area (Å²) >= 11 is 0. The number of carbonyl (C=O) groups is 1. The molecule has 0 aliphatic rings. The maximum Gasteiger partial charge on any atom is 0.515 e. The second-order valence-corrected chi connectivity index (χ2v) is 6.43. The van der Waals surface area contributed by atoms with Gasteiger partial charge in [-0.3, -0.25) is 14.7 Å². The van der Waals surface area contributed by atoms with Crippen LogP contribution < -0.4 is 9.64 Å². The Morgan fingerprint density at radius 2 is 1.77 bits per heavy atom. The van der Waals surface area contributed by atoms with Crippen molar-refractivity contribution in [3.05, 3.63) is 53.9 Å². The van der Waals surface area contributed by atoms with Gasteiger partial charge in [0, 0.05) is 6.20 Å². The number of hydrogen-bond donors (Lipinski definition) is 0. The Morgan fingerprint density at radius 1 is 1.12 bits per heavy atom. The normalized spacial score (nSPS) is 10.7. The van der Waals surface area contributed by atoms with Gasteiger partial charge in [-0.25, -0.2) is 4.79 Å². The molecule has 1 heterocycles. The number of amides is 1. The van der Waals surface area contributed by atoms with E-state index in [1.807, 2.05) is 45.9 Å². The van der Waals surface area contributed by atoms with Crippen LogP contribution in [-0.4, -0.2) is 24.3 Å². The molecule has 1 amide bonds. The first-order valence-corrected chi connectivity index (χ1v) is 8.46. The van der Waals surface area contributed by atoms with E-state index in [1.165, 1.54) is 6.20 Å². The van der Waals surface area contributed by atoms with Crippen molar-refractivity contribution in [2.24, 2.45) is 0 Å². The summed E-state index contributed by atoms with van der Waals surface area (Å²) in [5.41, 5.74) is 2.33. The predicted molar refractivity (Wildman–Crippen MR) is 99.0 cm³/mol. The van der Waals surface area contributed by atoms with Gasteiger partial charge in [0.05, 0.1) is 11.9 Å². The molecule has 137 valence electrons. The van der Waals surface area contributed by atoms with Gasteiger partial charge in [-0.05, 0) is 35.1 Å². The van der Waals surface area contributed by atoms with Crippen LogP contribution in [0.25, 0.3) is 0 Å². The molecule has 6 nitrogen and oxygen atoms in total. The molecule has 1 aromatic carbocycles. The zero-order valence-electron chi connectivity index (χ0n) is 15.4. The van der Waals surface area contributed by atoms with Crippen LogP contribution in [0.15, 0.2) is 42.7 Å². The highest BCUT2D eigenvalue weighted by Gasteiger charge is 2.19. The van der Waals surface area contributed by atoms with Crippen molar-refractivity contribution < 1.29 is 19.1 Å². The minimum atomic E-state index is -0.871. The van der Waals surface area contributed by atoms with Gasteiger partial charge in [-0.2, -0.15) is 0 Å². The molecule has 26 heavy (non-hydrogen) atoms. The molecule has 0 spiro atoms. The van der Waals surface area contributed by atoms with Gasteiger partial charge in [-0.15, -0.1) is 0 Å². The molecule has 0 aliphatic heterocycles. The fourth-order valence-corrected chi connectivity index (χ4v) is 2.50. The lowest BCUT2D eigenvalue weighted by molar-refractivity contribution is 0.101. The van der Waals surface area contributed by atoms with Crippen LogP contribution in [0, 0.1) is 0 Å². The number of ether oxygens (including phenoxy) is 2. The SMILES string of the molecule is CC(C)c1cccc(C(C)C)c1OC(=O)OCN([C]=O)c1cccnc1. The molecule has 0 saturated carbocycles. The Labute approximate surface area is 153 Å². The van der Waals surface area contributed by atoms with E-state index in [9.17, 15) is 9.59 Å². The number of anilines is 1. The Morgan fingerprint density at radius 3 is 2.27 bits per heavy atom. The first-order valence-electron chi connectivity index (χ1n) is 8.46. The van der Waals surface area contributed by atoms with E-state index in [-0.39, 0.29) is 18.6 Å². The molecule has 1 radical (unpaired) electrons. The van der Waals surface area contributed by atoms with Crippen molar-refractivity contribution in [3.8, 4) is 5.75 Å². The molecule has 0 unspecified atom stereocenters. The summed E-state index contributed by atoms with van der Waals surface area (Å²) in [6.07, 6.45) is 3.89. The smallest absolute Gasteiger partial charge is 0.412 e. The van der Waals surface area contributed by atoms with E-state index < -0.39 is 6.16 Å². The van der Waals surface area contributed by atoms with Crippen molar-refractivity contribution in [1.29, 1.82) is 0 Å². The maximum atomic E-state index is 12.2. The molecule has 0 aliphatic carbocycles. The largest absolute Gasteiger partial charge is 0.515 e. The van der Waals surface area contributed by atoms with Crippen molar-refractivity contribution in [2.45, 2.75) is 39.5 Å². The standard InChI is InChI=1S/C20H23N2O4/c1-14(2)17-8-5-9-18(15(3)4)19(17)26-20(24)25-13-22(12-23)16-7-6-10-21-11-16/h5-11,14-15H,13H2,1-4H3. The van der Waals surface area contributed by atoms with Crippen LogP contribution in [0.4, 0.5) is 10.5 Å². The van der Waals surface area contributed by atoms with Crippen LogP contribution in [-0.2, 0) is 9.53 Å². The Bertz CT molecular complexity index is 718. The number of rotatable bonds is 7.